The number of rotatable bonds is 2. The minimum absolute atomic E-state index is 0.388. The first kappa shape index (κ1) is 11.8. The highest BCUT2D eigenvalue weighted by molar-refractivity contribution is 5.84. The molecule has 0 saturated carbocycles. The van der Waals surface area contributed by atoms with Crippen LogP contribution in [0.2, 0.25) is 0 Å². The lowest BCUT2D eigenvalue weighted by molar-refractivity contribution is 0.779. The molecule has 5 nitrogen and oxygen atoms in total. The Labute approximate surface area is 111 Å². The zero-order valence-corrected chi connectivity index (χ0v) is 11.3. The van der Waals surface area contributed by atoms with Gasteiger partial charge >= 0.3 is 0 Å². The summed E-state index contributed by atoms with van der Waals surface area (Å²) in [6.07, 6.45) is 1.79. The number of nitrogens with two attached hydrogens (primary N) is 1. The average molecular weight is 255 g/mol. The van der Waals surface area contributed by atoms with Gasteiger partial charge in [0.05, 0.1) is 17.2 Å². The SMILES string of the molecule is CC(C)c1nc2ccc(-c3cnn(C)c3N)cc2[nH]1. The summed E-state index contributed by atoms with van der Waals surface area (Å²) in [5, 5.41) is 4.17. The van der Waals surface area contributed by atoms with Crippen LogP contribution in [0.25, 0.3) is 22.2 Å². The van der Waals surface area contributed by atoms with Crippen molar-refractivity contribution in [2.24, 2.45) is 7.05 Å². The third kappa shape index (κ3) is 1.87. The number of imidazole rings is 1. The van der Waals surface area contributed by atoms with Gasteiger partial charge in [0, 0.05) is 18.5 Å². The number of nitrogen functional groups attached to an aromatic ring is 1. The van der Waals surface area contributed by atoms with Gasteiger partial charge in [0.25, 0.3) is 0 Å². The van der Waals surface area contributed by atoms with E-state index in [2.05, 4.69) is 35.0 Å². The van der Waals surface area contributed by atoms with E-state index in [1.54, 1.807) is 10.9 Å². The lowest BCUT2D eigenvalue weighted by atomic mass is 10.1. The lowest BCUT2D eigenvalue weighted by Gasteiger charge is -2.00. The highest BCUT2D eigenvalue weighted by Crippen LogP contribution is 2.28. The molecule has 0 radical (unpaired) electrons. The predicted octanol–water partition coefficient (Wildman–Crippen LogP) is 2.67. The van der Waals surface area contributed by atoms with E-state index >= 15 is 0 Å². The van der Waals surface area contributed by atoms with Gasteiger partial charge in [0.15, 0.2) is 0 Å². The van der Waals surface area contributed by atoms with E-state index < -0.39 is 0 Å². The van der Waals surface area contributed by atoms with Gasteiger partial charge in [-0.2, -0.15) is 5.10 Å². The van der Waals surface area contributed by atoms with Crippen molar-refractivity contribution in [2.75, 3.05) is 5.73 Å². The molecule has 3 rings (SSSR count). The maximum atomic E-state index is 6.01. The van der Waals surface area contributed by atoms with Crippen molar-refractivity contribution in [3.8, 4) is 11.1 Å². The van der Waals surface area contributed by atoms with Gasteiger partial charge in [-0.25, -0.2) is 4.98 Å². The summed E-state index contributed by atoms with van der Waals surface area (Å²) >= 11 is 0. The number of aryl methyl sites for hydroxylation is 1. The second kappa shape index (κ2) is 4.12. The summed E-state index contributed by atoms with van der Waals surface area (Å²) in [4.78, 5) is 7.92. The van der Waals surface area contributed by atoms with Gasteiger partial charge in [-0.05, 0) is 17.7 Å². The van der Waals surface area contributed by atoms with Crippen LogP contribution in [0.5, 0.6) is 0 Å². The zero-order valence-electron chi connectivity index (χ0n) is 11.3. The molecule has 0 aliphatic carbocycles. The van der Waals surface area contributed by atoms with Crippen LogP contribution >= 0.6 is 0 Å². The fourth-order valence-corrected chi connectivity index (χ4v) is 2.14. The second-order valence-electron chi connectivity index (χ2n) is 5.08. The fourth-order valence-electron chi connectivity index (χ4n) is 2.14. The number of aromatic amines is 1. The summed E-state index contributed by atoms with van der Waals surface area (Å²) < 4.78 is 1.67. The molecule has 0 amide bonds. The Hall–Kier alpha value is -2.30. The molecule has 0 fully saturated rings. The number of nitrogens with one attached hydrogen (secondary N) is 1. The molecule has 0 unspecified atom stereocenters. The number of H-pyrrole nitrogens is 1. The number of hydrogen-bond acceptors (Lipinski definition) is 3. The van der Waals surface area contributed by atoms with Gasteiger partial charge in [0.1, 0.15) is 11.6 Å². The normalized spacial score (nSPS) is 11.6. The second-order valence-corrected chi connectivity index (χ2v) is 5.08. The quantitative estimate of drug-likeness (QED) is 0.739. The van der Waals surface area contributed by atoms with E-state index in [1.165, 1.54) is 0 Å². The molecule has 0 spiro atoms. The molecule has 3 aromatic rings. The molecular formula is C14H17N5. The molecule has 0 bridgehead atoms. The number of nitrogens with zero attached hydrogens (tertiary/aromatic N) is 3. The fraction of sp³-hybridized carbons (Fsp3) is 0.286. The summed E-state index contributed by atoms with van der Waals surface area (Å²) in [5.41, 5.74) is 10.0. The van der Waals surface area contributed by atoms with Gasteiger partial charge in [0.2, 0.25) is 0 Å². The predicted molar refractivity (Wildman–Crippen MR) is 76.8 cm³/mol. The summed E-state index contributed by atoms with van der Waals surface area (Å²) in [5.74, 6) is 2.06. The van der Waals surface area contributed by atoms with Crippen LogP contribution in [0, 0.1) is 0 Å². The van der Waals surface area contributed by atoms with Crippen molar-refractivity contribution in [1.29, 1.82) is 0 Å². The molecule has 3 N–H and O–H groups in total. The van der Waals surface area contributed by atoms with Crippen LogP contribution in [0.1, 0.15) is 25.6 Å². The van der Waals surface area contributed by atoms with Crippen LogP contribution in [0.3, 0.4) is 0 Å². The summed E-state index contributed by atoms with van der Waals surface area (Å²) in [7, 11) is 1.84. The molecule has 0 aliphatic rings. The highest BCUT2D eigenvalue weighted by atomic mass is 15.3. The smallest absolute Gasteiger partial charge is 0.129 e. The third-order valence-corrected chi connectivity index (χ3v) is 3.34. The Bertz CT molecular complexity index is 735. The Kier molecular flexibility index (Phi) is 2.55. The largest absolute Gasteiger partial charge is 0.383 e. The molecular weight excluding hydrogens is 238 g/mol. The lowest BCUT2D eigenvalue weighted by Crippen LogP contribution is -1.97. The standard InChI is InChI=1S/C14H17N5/c1-8(2)14-17-11-5-4-9(6-12(11)18-14)10-7-16-19(3)13(10)15/h4-8H,15H2,1-3H3,(H,17,18). The van der Waals surface area contributed by atoms with Crippen molar-refractivity contribution in [3.05, 3.63) is 30.2 Å². The minimum atomic E-state index is 0.388. The first-order valence-electron chi connectivity index (χ1n) is 6.33. The number of benzene rings is 1. The van der Waals surface area contributed by atoms with Crippen LogP contribution in [-0.2, 0) is 7.05 Å². The zero-order chi connectivity index (χ0) is 13.6. The van der Waals surface area contributed by atoms with Crippen molar-refractivity contribution in [2.45, 2.75) is 19.8 Å². The maximum absolute atomic E-state index is 6.01. The number of aromatic nitrogens is 4. The van der Waals surface area contributed by atoms with Gasteiger partial charge < -0.3 is 10.7 Å². The number of fused-ring (bicyclic) bond motifs is 1. The molecule has 1 aromatic carbocycles. The monoisotopic (exact) mass is 255 g/mol. The van der Waals surface area contributed by atoms with Crippen molar-refractivity contribution in [1.82, 2.24) is 19.7 Å². The molecule has 19 heavy (non-hydrogen) atoms. The Morgan fingerprint density at radius 1 is 1.32 bits per heavy atom. The molecule has 5 heteroatoms. The summed E-state index contributed by atoms with van der Waals surface area (Å²) in [6, 6.07) is 6.11. The van der Waals surface area contributed by atoms with E-state index in [9.17, 15) is 0 Å². The average Bonchev–Trinajstić information content (AvgIpc) is 2.94. The Balaban J connectivity index is 2.13. The topological polar surface area (TPSA) is 72.5 Å². The van der Waals surface area contributed by atoms with Crippen LogP contribution in [0.15, 0.2) is 24.4 Å². The third-order valence-electron chi connectivity index (χ3n) is 3.34. The van der Waals surface area contributed by atoms with Crippen LogP contribution < -0.4 is 5.73 Å². The van der Waals surface area contributed by atoms with E-state index in [0.717, 1.165) is 28.0 Å². The molecule has 2 heterocycles. The van der Waals surface area contributed by atoms with Crippen molar-refractivity contribution >= 4 is 16.9 Å². The van der Waals surface area contributed by atoms with Crippen molar-refractivity contribution in [3.63, 3.8) is 0 Å². The van der Waals surface area contributed by atoms with Gasteiger partial charge in [-0.3, -0.25) is 4.68 Å². The molecule has 0 aliphatic heterocycles. The molecule has 0 saturated heterocycles. The first-order valence-corrected chi connectivity index (χ1v) is 6.33. The van der Waals surface area contributed by atoms with Crippen LogP contribution in [0.4, 0.5) is 5.82 Å². The van der Waals surface area contributed by atoms with E-state index in [0.29, 0.717) is 11.7 Å². The van der Waals surface area contributed by atoms with Gasteiger partial charge in [-0.15, -0.1) is 0 Å². The van der Waals surface area contributed by atoms with Crippen molar-refractivity contribution < 1.29 is 0 Å². The number of hydrogen-bond donors (Lipinski definition) is 2. The Morgan fingerprint density at radius 2 is 2.11 bits per heavy atom. The van der Waals surface area contributed by atoms with Crippen LogP contribution in [-0.4, -0.2) is 19.7 Å². The van der Waals surface area contributed by atoms with E-state index in [1.807, 2.05) is 19.2 Å². The first-order chi connectivity index (χ1) is 9.06. The van der Waals surface area contributed by atoms with E-state index in [-0.39, 0.29) is 0 Å². The van der Waals surface area contributed by atoms with E-state index in [4.69, 9.17) is 5.73 Å². The molecule has 98 valence electrons. The summed E-state index contributed by atoms with van der Waals surface area (Å²) in [6.45, 7) is 4.25. The molecule has 2 aromatic heterocycles. The maximum Gasteiger partial charge on any atom is 0.129 e. The highest BCUT2D eigenvalue weighted by Gasteiger charge is 2.10. The number of anilines is 1. The Morgan fingerprint density at radius 3 is 2.74 bits per heavy atom. The minimum Gasteiger partial charge on any atom is -0.383 e. The molecule has 0 atom stereocenters. The van der Waals surface area contributed by atoms with Gasteiger partial charge in [-0.1, -0.05) is 19.9 Å².